The van der Waals surface area contributed by atoms with E-state index in [0.29, 0.717) is 23.7 Å². The molecule has 1 aliphatic rings. The maximum atomic E-state index is 12.5. The number of fused-ring (bicyclic) bond motifs is 2. The molecule has 0 saturated carbocycles. The number of aromatic nitrogens is 3. The topological polar surface area (TPSA) is 91.4 Å². The quantitative estimate of drug-likeness (QED) is 0.359. The van der Waals surface area contributed by atoms with Gasteiger partial charge in [-0.3, -0.25) is 4.79 Å². The molecule has 0 unspecified atom stereocenters. The normalized spacial score (nSPS) is 12.5. The number of furan rings is 1. The van der Waals surface area contributed by atoms with Crippen LogP contribution in [0.2, 0.25) is 0 Å². The van der Waals surface area contributed by atoms with Crippen molar-refractivity contribution in [2.45, 2.75) is 25.4 Å². The largest absolute Gasteiger partial charge is 0.467 e. The first-order valence-corrected chi connectivity index (χ1v) is 10.7. The summed E-state index contributed by atoms with van der Waals surface area (Å²) in [6.45, 7) is 4.90. The van der Waals surface area contributed by atoms with Crippen LogP contribution in [0.15, 0.2) is 52.4 Å². The van der Waals surface area contributed by atoms with E-state index in [1.165, 1.54) is 18.1 Å². The summed E-state index contributed by atoms with van der Waals surface area (Å²) in [5.41, 5.74) is 3.69. The lowest BCUT2D eigenvalue weighted by Crippen LogP contribution is -2.14. The Hall–Kier alpha value is -3.46. The lowest BCUT2D eigenvalue weighted by atomic mass is 10.2. The maximum Gasteiger partial charge on any atom is 0.234 e. The highest BCUT2D eigenvalue weighted by Gasteiger charge is 2.19. The van der Waals surface area contributed by atoms with Gasteiger partial charge in [0, 0.05) is 17.4 Å². The van der Waals surface area contributed by atoms with E-state index < -0.39 is 0 Å². The zero-order valence-corrected chi connectivity index (χ0v) is 17.9. The van der Waals surface area contributed by atoms with E-state index in [1.54, 1.807) is 24.5 Å². The molecule has 0 aliphatic carbocycles. The molecule has 0 radical (unpaired) electrons. The Labute approximate surface area is 182 Å². The van der Waals surface area contributed by atoms with Crippen LogP contribution in [-0.4, -0.2) is 33.0 Å². The summed E-state index contributed by atoms with van der Waals surface area (Å²) in [6, 6.07) is 9.15. The zero-order chi connectivity index (χ0) is 21.4. The third kappa shape index (κ3) is 3.72. The van der Waals surface area contributed by atoms with Crippen LogP contribution in [0.5, 0.6) is 11.5 Å². The second-order valence-electron chi connectivity index (χ2n) is 7.16. The maximum absolute atomic E-state index is 12.5. The Morgan fingerprint density at radius 1 is 1.19 bits per heavy atom. The molecule has 9 heteroatoms. The highest BCUT2D eigenvalue weighted by atomic mass is 32.2. The van der Waals surface area contributed by atoms with Crippen LogP contribution < -0.4 is 14.8 Å². The van der Waals surface area contributed by atoms with Gasteiger partial charge in [0.05, 0.1) is 23.9 Å². The van der Waals surface area contributed by atoms with Crippen molar-refractivity contribution in [3.8, 4) is 11.5 Å². The fourth-order valence-electron chi connectivity index (χ4n) is 3.60. The molecular formula is C22H20N4O4S. The van der Waals surface area contributed by atoms with Crippen LogP contribution >= 0.6 is 11.8 Å². The molecule has 1 N–H and O–H groups in total. The molecule has 0 spiro atoms. The van der Waals surface area contributed by atoms with E-state index >= 15 is 0 Å². The Bertz CT molecular complexity index is 1270. The number of amides is 1. The molecule has 1 amide bonds. The van der Waals surface area contributed by atoms with E-state index in [1.807, 2.05) is 12.1 Å². The molecule has 0 bridgehead atoms. The summed E-state index contributed by atoms with van der Waals surface area (Å²) >= 11 is 1.39. The predicted octanol–water partition coefficient (Wildman–Crippen LogP) is 4.15. The van der Waals surface area contributed by atoms with E-state index in [2.05, 4.69) is 33.7 Å². The number of nitrogens with one attached hydrogen (secondary N) is 1. The molecule has 1 aliphatic heterocycles. The average Bonchev–Trinajstić information content (AvgIpc) is 3.50. The first kappa shape index (κ1) is 19.5. The van der Waals surface area contributed by atoms with Crippen molar-refractivity contribution < 1.29 is 18.7 Å². The number of benzene rings is 1. The van der Waals surface area contributed by atoms with E-state index in [9.17, 15) is 4.79 Å². The van der Waals surface area contributed by atoms with E-state index in [-0.39, 0.29) is 18.5 Å². The minimum Gasteiger partial charge on any atom is -0.467 e. The first-order chi connectivity index (χ1) is 15.1. The Morgan fingerprint density at radius 3 is 2.90 bits per heavy atom. The Kier molecular flexibility index (Phi) is 5.03. The summed E-state index contributed by atoms with van der Waals surface area (Å²) in [5, 5.41) is 4.64. The van der Waals surface area contributed by atoms with Crippen LogP contribution in [0.3, 0.4) is 0 Å². The van der Waals surface area contributed by atoms with Gasteiger partial charge in [0.2, 0.25) is 12.7 Å². The molecule has 3 aromatic heterocycles. The molecule has 0 fully saturated rings. The highest BCUT2D eigenvalue weighted by Crippen LogP contribution is 2.35. The fourth-order valence-corrected chi connectivity index (χ4v) is 4.45. The number of ether oxygens (including phenoxy) is 2. The minimum atomic E-state index is -0.125. The molecule has 0 saturated heterocycles. The molecule has 5 rings (SSSR count). The van der Waals surface area contributed by atoms with Crippen LogP contribution in [0, 0.1) is 13.8 Å². The molecule has 31 heavy (non-hydrogen) atoms. The molecule has 8 nitrogen and oxygen atoms in total. The lowest BCUT2D eigenvalue weighted by molar-refractivity contribution is -0.113. The van der Waals surface area contributed by atoms with Crippen molar-refractivity contribution in [2.24, 2.45) is 0 Å². The van der Waals surface area contributed by atoms with Crippen molar-refractivity contribution in [1.82, 2.24) is 14.5 Å². The predicted molar refractivity (Wildman–Crippen MR) is 117 cm³/mol. The second kappa shape index (κ2) is 7.99. The van der Waals surface area contributed by atoms with Crippen molar-refractivity contribution in [2.75, 3.05) is 17.9 Å². The van der Waals surface area contributed by atoms with Gasteiger partial charge in [0.25, 0.3) is 0 Å². The number of hydrogen-bond donors (Lipinski definition) is 1. The first-order valence-electron chi connectivity index (χ1n) is 9.75. The molecule has 4 aromatic rings. The molecule has 1 aromatic carbocycles. The van der Waals surface area contributed by atoms with Crippen LogP contribution in [0.25, 0.3) is 11.0 Å². The summed E-state index contributed by atoms with van der Waals surface area (Å²) in [7, 11) is 0. The smallest absolute Gasteiger partial charge is 0.234 e. The molecule has 158 valence electrons. The number of carbonyl (C=O) groups is 1. The third-order valence-corrected chi connectivity index (χ3v) is 6.25. The summed E-state index contributed by atoms with van der Waals surface area (Å²) in [4.78, 5) is 21.5. The van der Waals surface area contributed by atoms with Gasteiger partial charge >= 0.3 is 0 Å². The van der Waals surface area contributed by atoms with E-state index in [4.69, 9.17) is 13.9 Å². The fraction of sp³-hybridized carbons (Fsp3) is 0.227. The number of aryl methyl sites for hydroxylation is 1. The van der Waals surface area contributed by atoms with Gasteiger partial charge in [-0.1, -0.05) is 11.8 Å². The number of thioether (sulfide) groups is 1. The van der Waals surface area contributed by atoms with Crippen LogP contribution in [0.4, 0.5) is 5.69 Å². The van der Waals surface area contributed by atoms with Gasteiger partial charge in [0.15, 0.2) is 11.5 Å². The summed E-state index contributed by atoms with van der Waals surface area (Å²) in [5.74, 6) is 2.27. The van der Waals surface area contributed by atoms with Gasteiger partial charge in [-0.2, -0.15) is 0 Å². The highest BCUT2D eigenvalue weighted by molar-refractivity contribution is 8.00. The van der Waals surface area contributed by atoms with Crippen molar-refractivity contribution in [1.29, 1.82) is 0 Å². The standard InChI is InChI=1S/C22H20N4O4S/c1-13-14(2)26(9-16-4-3-7-28-16)21-20(13)22(24-11-23-21)31-10-19(27)25-15-5-6-17-18(8-15)30-12-29-17/h3-8,11H,9-10,12H2,1-2H3,(H,25,27). The molecular weight excluding hydrogens is 416 g/mol. The van der Waals surface area contributed by atoms with Gasteiger partial charge in [0.1, 0.15) is 22.8 Å². The van der Waals surface area contributed by atoms with Gasteiger partial charge in [-0.15, -0.1) is 0 Å². The van der Waals surface area contributed by atoms with Gasteiger partial charge in [-0.05, 0) is 43.7 Å². The Balaban J connectivity index is 1.34. The third-order valence-electron chi connectivity index (χ3n) is 5.26. The number of anilines is 1. The molecule has 0 atom stereocenters. The van der Waals surface area contributed by atoms with Crippen molar-refractivity contribution >= 4 is 34.4 Å². The number of carbonyl (C=O) groups excluding carboxylic acids is 1. The monoisotopic (exact) mass is 436 g/mol. The number of rotatable bonds is 6. The van der Waals surface area contributed by atoms with Crippen LogP contribution in [0.1, 0.15) is 17.0 Å². The van der Waals surface area contributed by atoms with Crippen molar-refractivity contribution in [3.05, 3.63) is 59.9 Å². The minimum absolute atomic E-state index is 0.125. The Morgan fingerprint density at radius 2 is 2.06 bits per heavy atom. The SMILES string of the molecule is Cc1c(C)n(Cc2ccco2)c2ncnc(SCC(=O)Nc3ccc4c(c3)OCO4)c12. The van der Waals surface area contributed by atoms with Crippen LogP contribution in [-0.2, 0) is 11.3 Å². The molecule has 4 heterocycles. The van der Waals surface area contributed by atoms with Gasteiger partial charge < -0.3 is 23.8 Å². The van der Waals surface area contributed by atoms with Gasteiger partial charge in [-0.25, -0.2) is 9.97 Å². The average molecular weight is 436 g/mol. The summed E-state index contributed by atoms with van der Waals surface area (Å²) in [6.07, 6.45) is 3.20. The number of hydrogen-bond acceptors (Lipinski definition) is 7. The van der Waals surface area contributed by atoms with Crippen molar-refractivity contribution in [3.63, 3.8) is 0 Å². The zero-order valence-electron chi connectivity index (χ0n) is 17.0. The number of nitrogens with zero attached hydrogens (tertiary/aromatic N) is 3. The second-order valence-corrected chi connectivity index (χ2v) is 8.12. The lowest BCUT2D eigenvalue weighted by Gasteiger charge is -2.07. The summed E-state index contributed by atoms with van der Waals surface area (Å²) < 4.78 is 18.3. The van der Waals surface area contributed by atoms with E-state index in [0.717, 1.165) is 33.1 Å².